The van der Waals surface area contributed by atoms with E-state index in [1.165, 1.54) is 39.7 Å². The lowest BCUT2D eigenvalue weighted by molar-refractivity contribution is 1.04. The summed E-state index contributed by atoms with van der Waals surface area (Å²) in [5, 5.41) is 5.83. The maximum absolute atomic E-state index is 5.39. The fourth-order valence-corrected chi connectivity index (χ4v) is 11.5. The molecule has 5 nitrogen and oxygen atoms in total. The summed E-state index contributed by atoms with van der Waals surface area (Å²) in [7, 11) is 0. The van der Waals surface area contributed by atoms with Gasteiger partial charge in [0.1, 0.15) is 0 Å². The molecule has 8 heteroatoms. The molecule has 5 aromatic heterocycles. The largest absolute Gasteiger partial charge is 0.226 e. The van der Waals surface area contributed by atoms with Gasteiger partial charge in [-0.1, -0.05) is 109 Å². The van der Waals surface area contributed by atoms with Crippen molar-refractivity contribution in [3.63, 3.8) is 0 Å². The number of aromatic nitrogens is 5. The average Bonchev–Trinajstić information content (AvgIpc) is 3.97. The van der Waals surface area contributed by atoms with E-state index in [0.29, 0.717) is 17.5 Å². The van der Waals surface area contributed by atoms with Crippen LogP contribution in [0.4, 0.5) is 0 Å². The van der Waals surface area contributed by atoms with E-state index in [2.05, 4.69) is 133 Å². The van der Waals surface area contributed by atoms with E-state index in [9.17, 15) is 0 Å². The molecule has 6 aromatic carbocycles. The van der Waals surface area contributed by atoms with Gasteiger partial charge in [-0.05, 0) is 60.9 Å². The van der Waals surface area contributed by atoms with Crippen LogP contribution in [0.2, 0.25) is 0 Å². The summed E-state index contributed by atoms with van der Waals surface area (Å²) in [4.78, 5) is 26.3. The zero-order valence-corrected chi connectivity index (χ0v) is 32.8. The van der Waals surface area contributed by atoms with Crippen molar-refractivity contribution in [2.24, 2.45) is 0 Å². The molecule has 11 aromatic rings. The smallest absolute Gasteiger partial charge is 0.164 e. The van der Waals surface area contributed by atoms with Gasteiger partial charge in [0.25, 0.3) is 0 Å². The maximum atomic E-state index is 5.39. The van der Waals surface area contributed by atoms with Crippen LogP contribution in [0.15, 0.2) is 152 Å². The Morgan fingerprint density at radius 3 is 1.79 bits per heavy atom. The van der Waals surface area contributed by atoms with E-state index in [1.54, 1.807) is 34.0 Å². The van der Waals surface area contributed by atoms with E-state index in [0.717, 1.165) is 73.2 Å². The molecule has 0 spiro atoms. The first kappa shape index (κ1) is 32.8. The van der Waals surface area contributed by atoms with Gasteiger partial charge in [-0.2, -0.15) is 0 Å². The summed E-state index contributed by atoms with van der Waals surface area (Å²) >= 11 is 5.37. The molecular weight excluding hydrogens is 755 g/mol. The summed E-state index contributed by atoms with van der Waals surface area (Å²) < 4.78 is 7.19. The molecule has 0 atom stereocenters. The number of nitrogens with zero attached hydrogens (tertiary/aromatic N) is 5. The fraction of sp³-hybridized carbons (Fsp3) is 0.0408. The Labute approximate surface area is 339 Å². The third-order valence-electron chi connectivity index (χ3n) is 10.8. The lowest BCUT2D eigenvalue weighted by atomic mass is 10.0. The lowest BCUT2D eigenvalue weighted by Gasteiger charge is -2.11. The fourth-order valence-electron chi connectivity index (χ4n) is 8.15. The van der Waals surface area contributed by atoms with Crippen LogP contribution in [0, 0.1) is 0 Å². The summed E-state index contributed by atoms with van der Waals surface area (Å²) in [5.41, 5.74) is 7.07. The van der Waals surface area contributed by atoms with Gasteiger partial charge in [0.15, 0.2) is 23.3 Å². The highest BCUT2D eigenvalue weighted by atomic mass is 32.1. The van der Waals surface area contributed by atoms with Crippen LogP contribution in [-0.2, 0) is 0 Å². The van der Waals surface area contributed by atoms with Crippen LogP contribution in [0.25, 0.3) is 112 Å². The number of thiophene rings is 3. The summed E-state index contributed by atoms with van der Waals surface area (Å²) in [6.45, 7) is 0. The molecule has 0 bridgehead atoms. The Hall–Kier alpha value is -6.45. The Balaban J connectivity index is 1.08. The van der Waals surface area contributed by atoms with Gasteiger partial charge in [0.05, 0.1) is 15.9 Å². The molecule has 1 aliphatic carbocycles. The van der Waals surface area contributed by atoms with Crippen molar-refractivity contribution in [2.75, 3.05) is 0 Å². The van der Waals surface area contributed by atoms with Crippen LogP contribution >= 0.6 is 34.0 Å². The molecule has 5 heterocycles. The molecule has 0 aliphatic heterocycles. The van der Waals surface area contributed by atoms with Crippen molar-refractivity contribution >= 4 is 100 Å². The second-order valence-corrected chi connectivity index (χ2v) is 17.5. The van der Waals surface area contributed by atoms with Crippen LogP contribution in [0.3, 0.4) is 0 Å². The van der Waals surface area contributed by atoms with E-state index >= 15 is 0 Å². The molecule has 0 N–H and O–H groups in total. The van der Waals surface area contributed by atoms with E-state index < -0.39 is 0 Å². The van der Waals surface area contributed by atoms with Crippen LogP contribution in [0.5, 0.6) is 0 Å². The van der Waals surface area contributed by atoms with Gasteiger partial charge in [0.2, 0.25) is 0 Å². The normalized spacial score (nSPS) is 13.2. The van der Waals surface area contributed by atoms with Crippen molar-refractivity contribution in [3.8, 4) is 45.6 Å². The minimum absolute atomic E-state index is 0.634. The van der Waals surface area contributed by atoms with Crippen LogP contribution < -0.4 is 0 Å². The van der Waals surface area contributed by atoms with E-state index in [1.807, 2.05) is 18.2 Å². The number of hydrogen-bond donors (Lipinski definition) is 0. The van der Waals surface area contributed by atoms with Crippen LogP contribution in [0.1, 0.15) is 18.5 Å². The monoisotopic (exact) mass is 783 g/mol. The van der Waals surface area contributed by atoms with E-state index in [4.69, 9.17) is 24.9 Å². The Morgan fingerprint density at radius 2 is 1.04 bits per heavy atom. The number of fused-ring (bicyclic) bond motifs is 9. The number of hydrogen-bond acceptors (Lipinski definition) is 8. The standard InChI is InChI=1S/C49H29N5S3/c1-3-13-28(14-4-1)43-45-44(32-18-8-10-22-37(32)57-45)51-48(50-43)34-20-12-24-40-42(34)35-27-30(25-26-38(35)56-40)47-52-46(29-15-5-2-6-16-29)53-49(54-47)33-19-11-23-39-41(33)31-17-7-9-21-36(31)55-39/h2-3,5-27H,1,4H2. The molecule has 0 saturated heterocycles. The van der Waals surface area contributed by atoms with Gasteiger partial charge in [0, 0.05) is 72.7 Å². The van der Waals surface area contributed by atoms with Crippen molar-refractivity contribution in [3.05, 3.63) is 157 Å². The zero-order chi connectivity index (χ0) is 37.5. The third kappa shape index (κ3) is 5.36. The SMILES string of the molecule is C1=CC(c2nc(-c3cccc4sc5ccc(-c6nc(-c7ccccc7)nc(-c7cccc8sc9ccccc9c78)n6)cc5c34)nc3c2sc2ccccc23)=CCC1. The van der Waals surface area contributed by atoms with Gasteiger partial charge in [-0.25, -0.2) is 24.9 Å². The van der Waals surface area contributed by atoms with Crippen molar-refractivity contribution in [2.45, 2.75) is 12.8 Å². The number of benzene rings is 6. The first-order valence-corrected chi connectivity index (χ1v) is 21.4. The molecule has 0 fully saturated rings. The highest BCUT2D eigenvalue weighted by molar-refractivity contribution is 7.26. The highest BCUT2D eigenvalue weighted by Gasteiger charge is 2.22. The van der Waals surface area contributed by atoms with Crippen molar-refractivity contribution in [1.82, 2.24) is 24.9 Å². The number of allylic oxidation sites excluding steroid dienone is 4. The summed E-state index contributed by atoms with van der Waals surface area (Å²) in [6.07, 6.45) is 8.85. The van der Waals surface area contributed by atoms with Crippen LogP contribution in [-0.4, -0.2) is 24.9 Å². The third-order valence-corrected chi connectivity index (χ3v) is 14.2. The Kier molecular flexibility index (Phi) is 7.51. The maximum Gasteiger partial charge on any atom is 0.164 e. The molecule has 0 radical (unpaired) electrons. The molecule has 1 aliphatic rings. The molecule has 12 rings (SSSR count). The number of rotatable bonds is 5. The van der Waals surface area contributed by atoms with E-state index in [-0.39, 0.29) is 0 Å². The predicted octanol–water partition coefficient (Wildman–Crippen LogP) is 14.2. The first-order chi connectivity index (χ1) is 28.2. The van der Waals surface area contributed by atoms with Gasteiger partial charge in [-0.15, -0.1) is 34.0 Å². The second-order valence-electron chi connectivity index (χ2n) is 14.3. The predicted molar refractivity (Wildman–Crippen MR) is 242 cm³/mol. The Morgan fingerprint density at radius 1 is 0.421 bits per heavy atom. The van der Waals surface area contributed by atoms with Gasteiger partial charge >= 0.3 is 0 Å². The molecule has 268 valence electrons. The highest BCUT2D eigenvalue weighted by Crippen LogP contribution is 2.44. The molecule has 0 amide bonds. The first-order valence-electron chi connectivity index (χ1n) is 19.0. The van der Waals surface area contributed by atoms with Gasteiger partial charge in [-0.3, -0.25) is 0 Å². The van der Waals surface area contributed by atoms with Crippen molar-refractivity contribution in [1.29, 1.82) is 0 Å². The van der Waals surface area contributed by atoms with Gasteiger partial charge < -0.3 is 0 Å². The van der Waals surface area contributed by atoms with Crippen molar-refractivity contribution < 1.29 is 0 Å². The average molecular weight is 784 g/mol. The summed E-state index contributed by atoms with van der Waals surface area (Å²) in [5.74, 6) is 2.68. The zero-order valence-electron chi connectivity index (χ0n) is 30.3. The molecular formula is C49H29N5S3. The molecule has 0 saturated carbocycles. The molecule has 0 unspecified atom stereocenters. The lowest BCUT2D eigenvalue weighted by Crippen LogP contribution is -2.00. The minimum atomic E-state index is 0.634. The minimum Gasteiger partial charge on any atom is -0.226 e. The summed E-state index contributed by atoms with van der Waals surface area (Å²) in [6, 6.07) is 46.9. The second kappa shape index (κ2) is 13.1. The topological polar surface area (TPSA) is 64.5 Å². The molecule has 57 heavy (non-hydrogen) atoms. The quantitative estimate of drug-likeness (QED) is 0.174. The Bertz CT molecular complexity index is 3480.